The van der Waals surface area contributed by atoms with Gasteiger partial charge in [-0.1, -0.05) is 43.3 Å². The first-order valence-corrected chi connectivity index (χ1v) is 7.63. The molecule has 6 heteroatoms. The molecule has 0 amide bonds. The van der Waals surface area contributed by atoms with Crippen molar-refractivity contribution in [3.8, 4) is 11.4 Å². The number of esters is 1. The zero-order chi connectivity index (χ0) is 16.9. The first kappa shape index (κ1) is 15.9. The Bertz CT molecular complexity index is 811. The van der Waals surface area contributed by atoms with Crippen molar-refractivity contribution >= 4 is 5.97 Å². The lowest BCUT2D eigenvalue weighted by Gasteiger charge is -2.04. The van der Waals surface area contributed by atoms with Crippen LogP contribution in [0.5, 0.6) is 0 Å². The van der Waals surface area contributed by atoms with E-state index in [1.807, 2.05) is 24.3 Å². The molecule has 3 aromatic rings. The highest BCUT2D eigenvalue weighted by Crippen LogP contribution is 2.20. The zero-order valence-electron chi connectivity index (χ0n) is 13.5. The van der Waals surface area contributed by atoms with Gasteiger partial charge in [0, 0.05) is 18.0 Å². The largest absolute Gasteiger partial charge is 0.452 e. The van der Waals surface area contributed by atoms with Crippen LogP contribution in [0.25, 0.3) is 11.4 Å². The van der Waals surface area contributed by atoms with Gasteiger partial charge in [-0.15, -0.1) is 0 Å². The van der Waals surface area contributed by atoms with Crippen LogP contribution in [0, 0.1) is 0 Å². The van der Waals surface area contributed by atoms with Crippen LogP contribution in [0.15, 0.2) is 53.3 Å². The van der Waals surface area contributed by atoms with Crippen molar-refractivity contribution in [2.75, 3.05) is 0 Å². The maximum atomic E-state index is 11.8. The monoisotopic (exact) mass is 323 g/mol. The first-order valence-electron chi connectivity index (χ1n) is 7.63. The van der Waals surface area contributed by atoms with Gasteiger partial charge in [0.25, 0.3) is 5.89 Å². The molecule has 0 N–H and O–H groups in total. The maximum Gasteiger partial charge on any atom is 0.340 e. The van der Waals surface area contributed by atoms with Crippen molar-refractivity contribution in [3.63, 3.8) is 0 Å². The number of benzene rings is 1. The minimum atomic E-state index is -0.482. The van der Waals surface area contributed by atoms with Gasteiger partial charge in [0.15, 0.2) is 6.61 Å². The van der Waals surface area contributed by atoms with E-state index < -0.39 is 5.97 Å². The number of pyridine rings is 1. The lowest BCUT2D eigenvalue weighted by atomic mass is 10.0. The van der Waals surface area contributed by atoms with Crippen molar-refractivity contribution in [1.82, 2.24) is 15.1 Å². The van der Waals surface area contributed by atoms with Gasteiger partial charge < -0.3 is 9.26 Å². The predicted octanol–water partition coefficient (Wildman–Crippen LogP) is 3.61. The third-order valence-corrected chi connectivity index (χ3v) is 3.53. The Morgan fingerprint density at radius 1 is 1.21 bits per heavy atom. The third-order valence-electron chi connectivity index (χ3n) is 3.53. The minimum absolute atomic E-state index is 0.0786. The fraction of sp³-hybridized carbons (Fsp3) is 0.222. The van der Waals surface area contributed by atoms with E-state index >= 15 is 0 Å². The predicted molar refractivity (Wildman–Crippen MR) is 87.2 cm³/mol. The number of rotatable bonds is 5. The molecule has 6 nitrogen and oxygen atoms in total. The van der Waals surface area contributed by atoms with E-state index in [0.717, 1.165) is 5.56 Å². The van der Waals surface area contributed by atoms with Crippen LogP contribution in [0.4, 0.5) is 0 Å². The molecule has 0 saturated heterocycles. The molecule has 0 aliphatic heterocycles. The summed E-state index contributed by atoms with van der Waals surface area (Å²) < 4.78 is 10.3. The highest BCUT2D eigenvalue weighted by atomic mass is 16.6. The summed E-state index contributed by atoms with van der Waals surface area (Å²) in [5.41, 5.74) is 2.47. The Morgan fingerprint density at radius 2 is 2.00 bits per heavy atom. The molecule has 0 radical (unpaired) electrons. The first-order chi connectivity index (χ1) is 11.6. The second kappa shape index (κ2) is 7.04. The number of carbonyl (C=O) groups excluding carboxylic acids is 1. The second-order valence-corrected chi connectivity index (χ2v) is 5.61. The molecule has 0 unspecified atom stereocenters. The summed E-state index contributed by atoms with van der Waals surface area (Å²) in [6.07, 6.45) is 3.03. The number of hydrogen-bond donors (Lipinski definition) is 0. The van der Waals surface area contributed by atoms with Gasteiger partial charge in [0.1, 0.15) is 0 Å². The maximum absolute atomic E-state index is 11.8. The summed E-state index contributed by atoms with van der Waals surface area (Å²) in [6, 6.07) is 11.3. The summed E-state index contributed by atoms with van der Waals surface area (Å²) in [5.74, 6) is 0.698. The molecule has 2 aromatic heterocycles. The second-order valence-electron chi connectivity index (χ2n) is 5.61. The average Bonchev–Trinajstić information content (AvgIpc) is 3.09. The van der Waals surface area contributed by atoms with Gasteiger partial charge in [0.2, 0.25) is 5.82 Å². The molecule has 2 heterocycles. The Balaban J connectivity index is 1.64. The van der Waals surface area contributed by atoms with Crippen LogP contribution in [0.2, 0.25) is 0 Å². The van der Waals surface area contributed by atoms with Crippen molar-refractivity contribution in [3.05, 3.63) is 65.8 Å². The molecular weight excluding hydrogens is 306 g/mol. The van der Waals surface area contributed by atoms with Crippen LogP contribution < -0.4 is 0 Å². The quantitative estimate of drug-likeness (QED) is 0.667. The molecule has 0 bridgehead atoms. The topological polar surface area (TPSA) is 78.1 Å². The number of carbonyl (C=O) groups is 1. The van der Waals surface area contributed by atoms with E-state index in [1.54, 1.807) is 18.3 Å². The summed E-state index contributed by atoms with van der Waals surface area (Å²) >= 11 is 0. The van der Waals surface area contributed by atoms with Gasteiger partial charge in [-0.2, -0.15) is 4.98 Å². The van der Waals surface area contributed by atoms with Crippen LogP contribution in [0.1, 0.15) is 41.6 Å². The van der Waals surface area contributed by atoms with Crippen LogP contribution in [0.3, 0.4) is 0 Å². The molecule has 0 saturated carbocycles. The minimum Gasteiger partial charge on any atom is -0.452 e. The van der Waals surface area contributed by atoms with Crippen LogP contribution in [-0.4, -0.2) is 21.1 Å². The molecule has 0 atom stereocenters. The number of ether oxygens (including phenoxy) is 1. The third kappa shape index (κ3) is 3.65. The molecule has 24 heavy (non-hydrogen) atoms. The molecule has 3 rings (SSSR count). The Kier molecular flexibility index (Phi) is 4.65. The zero-order valence-corrected chi connectivity index (χ0v) is 13.5. The standard InChI is InChI=1S/C18H17N3O3/c1-12(2)13-5-7-14(8-6-13)17-20-16(24-21-17)11-23-18(22)15-4-3-9-19-10-15/h3-10,12H,11H2,1-2H3. The van der Waals surface area contributed by atoms with Gasteiger partial charge in [-0.3, -0.25) is 4.98 Å². The summed E-state index contributed by atoms with van der Waals surface area (Å²) in [4.78, 5) is 20.0. The molecule has 0 aliphatic rings. The Hall–Kier alpha value is -3.02. The summed E-state index contributed by atoms with van der Waals surface area (Å²) in [6.45, 7) is 4.20. The molecule has 0 aliphatic carbocycles. The number of hydrogen-bond acceptors (Lipinski definition) is 6. The molecule has 1 aromatic carbocycles. The molecular formula is C18H17N3O3. The highest BCUT2D eigenvalue weighted by Gasteiger charge is 2.12. The fourth-order valence-corrected chi connectivity index (χ4v) is 2.14. The SMILES string of the molecule is CC(C)c1ccc(-c2noc(COC(=O)c3cccnc3)n2)cc1. The number of nitrogens with zero attached hydrogens (tertiary/aromatic N) is 3. The van der Waals surface area contributed by atoms with E-state index in [1.165, 1.54) is 11.8 Å². The van der Waals surface area contributed by atoms with E-state index in [2.05, 4.69) is 29.0 Å². The number of aromatic nitrogens is 3. The Morgan fingerprint density at radius 3 is 2.67 bits per heavy atom. The van der Waals surface area contributed by atoms with E-state index in [0.29, 0.717) is 17.3 Å². The summed E-state index contributed by atoms with van der Waals surface area (Å²) in [7, 11) is 0. The van der Waals surface area contributed by atoms with Crippen LogP contribution in [-0.2, 0) is 11.3 Å². The van der Waals surface area contributed by atoms with Gasteiger partial charge in [-0.25, -0.2) is 4.79 Å². The van der Waals surface area contributed by atoms with Gasteiger partial charge in [-0.05, 0) is 23.6 Å². The molecule has 0 fully saturated rings. The van der Waals surface area contributed by atoms with Crippen LogP contribution >= 0.6 is 0 Å². The fourth-order valence-electron chi connectivity index (χ4n) is 2.14. The van der Waals surface area contributed by atoms with Crippen molar-refractivity contribution in [2.24, 2.45) is 0 Å². The van der Waals surface area contributed by atoms with Crippen molar-refractivity contribution in [2.45, 2.75) is 26.4 Å². The average molecular weight is 323 g/mol. The Labute approximate surface area is 139 Å². The normalized spacial score (nSPS) is 10.8. The molecule has 0 spiro atoms. The lowest BCUT2D eigenvalue weighted by molar-refractivity contribution is 0.0429. The van der Waals surface area contributed by atoms with Crippen molar-refractivity contribution < 1.29 is 14.1 Å². The molecule has 122 valence electrons. The highest BCUT2D eigenvalue weighted by molar-refractivity contribution is 5.88. The smallest absolute Gasteiger partial charge is 0.340 e. The van der Waals surface area contributed by atoms with Gasteiger partial charge in [0.05, 0.1) is 5.56 Å². The van der Waals surface area contributed by atoms with E-state index in [4.69, 9.17) is 9.26 Å². The van der Waals surface area contributed by atoms with Crippen molar-refractivity contribution in [1.29, 1.82) is 0 Å². The van der Waals surface area contributed by atoms with E-state index in [-0.39, 0.29) is 12.5 Å². The lowest BCUT2D eigenvalue weighted by Crippen LogP contribution is -2.05. The van der Waals surface area contributed by atoms with Gasteiger partial charge >= 0.3 is 5.97 Å². The summed E-state index contributed by atoms with van der Waals surface area (Å²) in [5, 5.41) is 3.92. The van der Waals surface area contributed by atoms with E-state index in [9.17, 15) is 4.79 Å².